The van der Waals surface area contributed by atoms with Crippen molar-refractivity contribution < 1.29 is 14.7 Å². The zero-order chi connectivity index (χ0) is 16.1. The van der Waals surface area contributed by atoms with Crippen LogP contribution < -0.4 is 5.32 Å². The van der Waals surface area contributed by atoms with Crippen LogP contribution in [0.5, 0.6) is 0 Å². The van der Waals surface area contributed by atoms with Crippen LogP contribution in [0.4, 0.5) is 0 Å². The Bertz CT molecular complexity index is 667. The van der Waals surface area contributed by atoms with Gasteiger partial charge >= 0.3 is 5.97 Å². The second-order valence-electron chi connectivity index (χ2n) is 4.79. The monoisotopic (exact) mass is 321 g/mol. The van der Waals surface area contributed by atoms with Gasteiger partial charge in [-0.3, -0.25) is 9.48 Å². The molecule has 6 nitrogen and oxygen atoms in total. The molecule has 0 aliphatic rings. The quantitative estimate of drug-likeness (QED) is 0.856. The van der Waals surface area contributed by atoms with Gasteiger partial charge in [-0.1, -0.05) is 30.7 Å². The van der Waals surface area contributed by atoms with Gasteiger partial charge in [0.1, 0.15) is 0 Å². The lowest BCUT2D eigenvalue weighted by molar-refractivity contribution is -0.139. The Morgan fingerprint density at radius 3 is 2.64 bits per heavy atom. The molecule has 1 aromatic heterocycles. The average molecular weight is 322 g/mol. The summed E-state index contributed by atoms with van der Waals surface area (Å²) in [6, 6.07) is 5.17. The van der Waals surface area contributed by atoms with Crippen LogP contribution in [0.2, 0.25) is 5.02 Å². The SMILES string of the molecule is CCCn1cc(C(=O)NC(C(=O)O)c2ccc(Cl)cc2)cn1. The van der Waals surface area contributed by atoms with Crippen molar-refractivity contribution in [2.45, 2.75) is 25.9 Å². The highest BCUT2D eigenvalue weighted by Crippen LogP contribution is 2.17. The molecule has 2 N–H and O–H groups in total. The molecule has 2 rings (SSSR count). The van der Waals surface area contributed by atoms with Gasteiger partial charge < -0.3 is 10.4 Å². The summed E-state index contributed by atoms with van der Waals surface area (Å²) in [5.41, 5.74) is 0.778. The predicted molar refractivity (Wildman–Crippen MR) is 81.8 cm³/mol. The fourth-order valence-electron chi connectivity index (χ4n) is 1.99. The summed E-state index contributed by atoms with van der Waals surface area (Å²) in [5, 5.41) is 16.4. The standard InChI is InChI=1S/C15H16ClN3O3/c1-2-7-19-9-11(8-17-19)14(20)18-13(15(21)22)10-3-5-12(16)6-4-10/h3-6,8-9,13H,2,7H2,1H3,(H,18,20)(H,21,22). The number of amides is 1. The van der Waals surface area contributed by atoms with E-state index in [0.717, 1.165) is 6.42 Å². The Morgan fingerprint density at radius 2 is 2.05 bits per heavy atom. The molecule has 1 aromatic carbocycles. The molecule has 0 fully saturated rings. The van der Waals surface area contributed by atoms with Gasteiger partial charge in [0.2, 0.25) is 0 Å². The van der Waals surface area contributed by atoms with E-state index in [1.165, 1.54) is 6.20 Å². The fourth-order valence-corrected chi connectivity index (χ4v) is 2.12. The highest BCUT2D eigenvalue weighted by molar-refractivity contribution is 6.30. The van der Waals surface area contributed by atoms with Crippen LogP contribution in [0.1, 0.15) is 35.3 Å². The minimum Gasteiger partial charge on any atom is -0.479 e. The number of aryl methyl sites for hydroxylation is 1. The Labute approximate surface area is 132 Å². The van der Waals surface area contributed by atoms with Crippen molar-refractivity contribution in [3.05, 3.63) is 52.8 Å². The van der Waals surface area contributed by atoms with Crippen LogP contribution in [-0.4, -0.2) is 26.8 Å². The molecule has 2 aromatic rings. The normalized spacial score (nSPS) is 11.9. The molecule has 1 atom stereocenters. The van der Waals surface area contributed by atoms with Crippen LogP contribution in [0.25, 0.3) is 0 Å². The number of halogens is 1. The highest BCUT2D eigenvalue weighted by atomic mass is 35.5. The average Bonchev–Trinajstić information content (AvgIpc) is 2.94. The van der Waals surface area contributed by atoms with Crippen molar-refractivity contribution in [1.29, 1.82) is 0 Å². The van der Waals surface area contributed by atoms with Crippen molar-refractivity contribution in [2.75, 3.05) is 0 Å². The first-order chi connectivity index (χ1) is 10.5. The van der Waals surface area contributed by atoms with E-state index in [1.54, 1.807) is 35.1 Å². The largest absolute Gasteiger partial charge is 0.479 e. The number of hydrogen-bond donors (Lipinski definition) is 2. The number of benzene rings is 1. The first kappa shape index (κ1) is 16.0. The number of carbonyl (C=O) groups excluding carboxylic acids is 1. The fraction of sp³-hybridized carbons (Fsp3) is 0.267. The number of hydrogen-bond acceptors (Lipinski definition) is 3. The lowest BCUT2D eigenvalue weighted by atomic mass is 10.1. The van der Waals surface area contributed by atoms with E-state index in [9.17, 15) is 14.7 Å². The summed E-state index contributed by atoms with van der Waals surface area (Å²) in [5.74, 6) is -1.62. The van der Waals surface area contributed by atoms with Gasteiger partial charge in [-0.2, -0.15) is 5.10 Å². The molecule has 0 saturated carbocycles. The molecule has 1 unspecified atom stereocenters. The first-order valence-electron chi connectivity index (χ1n) is 6.83. The first-order valence-corrected chi connectivity index (χ1v) is 7.20. The summed E-state index contributed by atoms with van der Waals surface area (Å²) in [4.78, 5) is 23.6. The summed E-state index contributed by atoms with van der Waals surface area (Å²) in [6.07, 6.45) is 3.91. The second-order valence-corrected chi connectivity index (χ2v) is 5.22. The molecule has 0 saturated heterocycles. The van der Waals surface area contributed by atoms with Crippen LogP contribution in [0.15, 0.2) is 36.7 Å². The molecule has 22 heavy (non-hydrogen) atoms. The van der Waals surface area contributed by atoms with Gasteiger partial charge in [0.15, 0.2) is 6.04 Å². The van der Waals surface area contributed by atoms with Crippen LogP contribution >= 0.6 is 11.6 Å². The number of carboxylic acid groups (broad SMARTS) is 1. The number of carboxylic acids is 1. The maximum absolute atomic E-state index is 12.2. The molecule has 116 valence electrons. The molecular formula is C15H16ClN3O3. The van der Waals surface area contributed by atoms with Crippen molar-refractivity contribution in [3.8, 4) is 0 Å². The Morgan fingerprint density at radius 1 is 1.36 bits per heavy atom. The van der Waals surface area contributed by atoms with E-state index in [1.807, 2.05) is 6.92 Å². The number of aliphatic carboxylic acids is 1. The highest BCUT2D eigenvalue weighted by Gasteiger charge is 2.23. The molecule has 1 heterocycles. The maximum atomic E-state index is 12.2. The van der Waals surface area contributed by atoms with E-state index < -0.39 is 17.9 Å². The molecule has 0 radical (unpaired) electrons. The molecule has 7 heteroatoms. The zero-order valence-electron chi connectivity index (χ0n) is 12.0. The van der Waals surface area contributed by atoms with E-state index in [-0.39, 0.29) is 0 Å². The van der Waals surface area contributed by atoms with Gasteiger partial charge in [-0.15, -0.1) is 0 Å². The molecule has 0 aliphatic carbocycles. The molecule has 1 amide bonds. The van der Waals surface area contributed by atoms with E-state index in [0.29, 0.717) is 22.7 Å². The smallest absolute Gasteiger partial charge is 0.330 e. The third-order valence-electron chi connectivity index (χ3n) is 3.07. The maximum Gasteiger partial charge on any atom is 0.330 e. The third-order valence-corrected chi connectivity index (χ3v) is 3.33. The number of nitrogens with one attached hydrogen (secondary N) is 1. The van der Waals surface area contributed by atoms with Gasteiger partial charge in [-0.05, 0) is 24.1 Å². The predicted octanol–water partition coefficient (Wildman–Crippen LogP) is 2.50. The van der Waals surface area contributed by atoms with E-state index in [4.69, 9.17) is 11.6 Å². The minimum atomic E-state index is -1.14. The van der Waals surface area contributed by atoms with Gasteiger partial charge in [-0.25, -0.2) is 4.79 Å². The minimum absolute atomic E-state index is 0.327. The lowest BCUT2D eigenvalue weighted by Crippen LogP contribution is -2.33. The summed E-state index contributed by atoms with van der Waals surface area (Å²) in [7, 11) is 0. The number of rotatable bonds is 6. The third kappa shape index (κ3) is 3.85. The Hall–Kier alpha value is -2.34. The zero-order valence-corrected chi connectivity index (χ0v) is 12.7. The molecule has 0 aliphatic heterocycles. The van der Waals surface area contributed by atoms with Crippen molar-refractivity contribution in [2.24, 2.45) is 0 Å². The van der Waals surface area contributed by atoms with Crippen LogP contribution in [0, 0.1) is 0 Å². The molecular weight excluding hydrogens is 306 g/mol. The Kier molecular flexibility index (Phi) is 5.16. The second kappa shape index (κ2) is 7.09. The summed E-state index contributed by atoms with van der Waals surface area (Å²) in [6.45, 7) is 2.70. The topological polar surface area (TPSA) is 84.2 Å². The lowest BCUT2D eigenvalue weighted by Gasteiger charge is -2.14. The summed E-state index contributed by atoms with van der Waals surface area (Å²) < 4.78 is 1.65. The van der Waals surface area contributed by atoms with Crippen molar-refractivity contribution in [1.82, 2.24) is 15.1 Å². The Balaban J connectivity index is 2.14. The van der Waals surface area contributed by atoms with Crippen LogP contribution in [-0.2, 0) is 11.3 Å². The molecule has 0 spiro atoms. The van der Waals surface area contributed by atoms with Crippen molar-refractivity contribution in [3.63, 3.8) is 0 Å². The van der Waals surface area contributed by atoms with Gasteiger partial charge in [0.05, 0.1) is 11.8 Å². The van der Waals surface area contributed by atoms with E-state index in [2.05, 4.69) is 10.4 Å². The number of aromatic nitrogens is 2. The van der Waals surface area contributed by atoms with Crippen LogP contribution in [0.3, 0.4) is 0 Å². The van der Waals surface area contributed by atoms with E-state index >= 15 is 0 Å². The number of carbonyl (C=O) groups is 2. The van der Waals surface area contributed by atoms with Crippen molar-refractivity contribution >= 4 is 23.5 Å². The number of nitrogens with zero attached hydrogens (tertiary/aromatic N) is 2. The summed E-state index contributed by atoms with van der Waals surface area (Å²) >= 11 is 5.78. The van der Waals surface area contributed by atoms with Gasteiger partial charge in [0.25, 0.3) is 5.91 Å². The molecule has 0 bridgehead atoms. The van der Waals surface area contributed by atoms with Gasteiger partial charge in [0, 0.05) is 17.8 Å².